The third-order valence-corrected chi connectivity index (χ3v) is 5.75. The van der Waals surface area contributed by atoms with Gasteiger partial charge >= 0.3 is 11.7 Å². The Morgan fingerprint density at radius 2 is 1.88 bits per heavy atom. The molecule has 0 saturated carbocycles. The van der Waals surface area contributed by atoms with Crippen LogP contribution in [0.2, 0.25) is 0 Å². The van der Waals surface area contributed by atoms with Crippen LogP contribution in [0.1, 0.15) is 22.9 Å². The zero-order valence-corrected chi connectivity index (χ0v) is 17.6. The maximum Gasteiger partial charge on any atom is 0.419 e. The molecule has 1 atom stereocenters. The Morgan fingerprint density at radius 3 is 2.62 bits per heavy atom. The minimum absolute atomic E-state index is 0.0731. The van der Waals surface area contributed by atoms with Crippen molar-refractivity contribution in [2.24, 2.45) is 0 Å². The highest BCUT2D eigenvalue weighted by Gasteiger charge is 2.19. The number of oxazole rings is 1. The number of amides is 1. The second kappa shape index (κ2) is 9.61. The van der Waals surface area contributed by atoms with E-state index >= 15 is 0 Å². The van der Waals surface area contributed by atoms with Crippen molar-refractivity contribution in [1.29, 1.82) is 0 Å². The molecule has 0 saturated heterocycles. The fourth-order valence-corrected chi connectivity index (χ4v) is 4.08. The summed E-state index contributed by atoms with van der Waals surface area (Å²) in [4.78, 5) is 37.4. The third-order valence-electron chi connectivity index (χ3n) is 4.81. The van der Waals surface area contributed by atoms with Gasteiger partial charge in [0, 0.05) is 11.4 Å². The maximum atomic E-state index is 13.3. The van der Waals surface area contributed by atoms with Crippen LogP contribution in [0.3, 0.4) is 0 Å². The van der Waals surface area contributed by atoms with Gasteiger partial charge in [-0.05, 0) is 41.3 Å². The molecule has 7 nitrogen and oxygen atoms in total. The number of benzene rings is 2. The third kappa shape index (κ3) is 4.94. The van der Waals surface area contributed by atoms with Crippen LogP contribution >= 0.6 is 11.3 Å². The highest BCUT2D eigenvalue weighted by molar-refractivity contribution is 7.10. The number of carbonyl (C=O) groups is 2. The molecule has 4 aromatic rings. The van der Waals surface area contributed by atoms with Gasteiger partial charge in [0.2, 0.25) is 0 Å². The van der Waals surface area contributed by atoms with Crippen LogP contribution in [0.15, 0.2) is 75.3 Å². The molecule has 0 fully saturated rings. The SMILES string of the molecule is O=C(COC(=O)CCn1c(=O)oc2ccccc21)NC(c1ccc(F)cc1)c1cccs1. The molecule has 164 valence electrons. The molecular formula is C23H19FN2O5S. The van der Waals surface area contributed by atoms with E-state index in [9.17, 15) is 18.8 Å². The second-order valence-electron chi connectivity index (χ2n) is 6.97. The lowest BCUT2D eigenvalue weighted by Crippen LogP contribution is -2.33. The molecule has 2 aromatic carbocycles. The topological polar surface area (TPSA) is 90.5 Å². The molecule has 0 bridgehead atoms. The molecule has 0 spiro atoms. The number of aromatic nitrogens is 1. The number of carbonyl (C=O) groups excluding carboxylic acids is 2. The van der Waals surface area contributed by atoms with E-state index in [1.54, 1.807) is 36.4 Å². The number of thiophene rings is 1. The molecule has 9 heteroatoms. The van der Waals surface area contributed by atoms with Crippen molar-refractivity contribution in [3.63, 3.8) is 0 Å². The summed E-state index contributed by atoms with van der Waals surface area (Å²) in [6, 6.07) is 16.0. The second-order valence-corrected chi connectivity index (χ2v) is 7.94. The van der Waals surface area contributed by atoms with Gasteiger partial charge in [0.15, 0.2) is 12.2 Å². The van der Waals surface area contributed by atoms with Crippen molar-refractivity contribution >= 4 is 34.3 Å². The van der Waals surface area contributed by atoms with Gasteiger partial charge in [-0.3, -0.25) is 14.2 Å². The standard InChI is InChI=1S/C23H19FN2O5S/c24-16-9-7-15(8-10-16)22(19-6-3-13-32-19)25-20(27)14-30-21(28)11-12-26-17-4-1-2-5-18(17)31-23(26)29/h1-10,13,22H,11-12,14H2,(H,25,27). The number of nitrogens with one attached hydrogen (secondary N) is 1. The largest absolute Gasteiger partial charge is 0.456 e. The van der Waals surface area contributed by atoms with Gasteiger partial charge in [-0.25, -0.2) is 9.18 Å². The Morgan fingerprint density at radius 1 is 1.09 bits per heavy atom. The van der Waals surface area contributed by atoms with Crippen LogP contribution in [0, 0.1) is 5.82 Å². The first-order chi connectivity index (χ1) is 15.5. The number of rotatable bonds is 8. The van der Waals surface area contributed by atoms with Crippen molar-refractivity contribution in [3.8, 4) is 0 Å². The molecule has 1 amide bonds. The first kappa shape index (κ1) is 21.5. The van der Waals surface area contributed by atoms with E-state index in [4.69, 9.17) is 9.15 Å². The minimum Gasteiger partial charge on any atom is -0.456 e. The highest BCUT2D eigenvalue weighted by Crippen LogP contribution is 2.26. The van der Waals surface area contributed by atoms with E-state index in [1.165, 1.54) is 28.0 Å². The number of fused-ring (bicyclic) bond motifs is 1. The molecule has 2 heterocycles. The maximum absolute atomic E-state index is 13.3. The molecule has 1 N–H and O–H groups in total. The number of aryl methyl sites for hydroxylation is 1. The monoisotopic (exact) mass is 454 g/mol. The first-order valence-corrected chi connectivity index (χ1v) is 10.7. The number of hydrogen-bond donors (Lipinski definition) is 1. The summed E-state index contributed by atoms with van der Waals surface area (Å²) >= 11 is 1.45. The van der Waals surface area contributed by atoms with Crippen molar-refractivity contribution in [3.05, 3.63) is 92.9 Å². The molecule has 0 aliphatic carbocycles. The Kier molecular flexibility index (Phi) is 6.46. The van der Waals surface area contributed by atoms with Crippen LogP contribution in [-0.4, -0.2) is 23.1 Å². The summed E-state index contributed by atoms with van der Waals surface area (Å²) in [6.45, 7) is -0.396. The van der Waals surface area contributed by atoms with Crippen LogP contribution in [0.25, 0.3) is 11.1 Å². The Hall–Kier alpha value is -3.72. The first-order valence-electron chi connectivity index (χ1n) is 9.83. The van der Waals surface area contributed by atoms with Crippen LogP contribution in [0.5, 0.6) is 0 Å². The molecular weight excluding hydrogens is 435 g/mol. The zero-order chi connectivity index (χ0) is 22.5. The number of esters is 1. The zero-order valence-electron chi connectivity index (χ0n) is 16.8. The van der Waals surface area contributed by atoms with Crippen molar-refractivity contribution in [2.75, 3.05) is 6.61 Å². The Balaban J connectivity index is 1.34. The van der Waals surface area contributed by atoms with Gasteiger partial charge < -0.3 is 14.5 Å². The molecule has 0 aliphatic heterocycles. The molecule has 0 radical (unpaired) electrons. The molecule has 32 heavy (non-hydrogen) atoms. The summed E-state index contributed by atoms with van der Waals surface area (Å²) < 4.78 is 24.8. The smallest absolute Gasteiger partial charge is 0.419 e. The van der Waals surface area contributed by atoms with E-state index in [1.807, 2.05) is 17.5 Å². The number of hydrogen-bond acceptors (Lipinski definition) is 6. The Bertz CT molecular complexity index is 1280. The summed E-state index contributed by atoms with van der Waals surface area (Å²) in [6.07, 6.45) is -0.0942. The van der Waals surface area contributed by atoms with Gasteiger partial charge in [0.1, 0.15) is 5.82 Å². The normalized spacial score (nSPS) is 11.9. The summed E-state index contributed by atoms with van der Waals surface area (Å²) in [7, 11) is 0. The van der Waals surface area contributed by atoms with Crippen LogP contribution in [0.4, 0.5) is 4.39 Å². The number of ether oxygens (including phenoxy) is 1. The van der Waals surface area contributed by atoms with E-state index in [2.05, 4.69) is 5.32 Å². The summed E-state index contributed by atoms with van der Waals surface area (Å²) in [5.41, 5.74) is 1.73. The lowest BCUT2D eigenvalue weighted by molar-refractivity contribution is -0.148. The predicted octanol–water partition coefficient (Wildman–Crippen LogP) is 3.63. The number of para-hydroxylation sites is 2. The van der Waals surface area contributed by atoms with E-state index in [0.717, 1.165) is 4.88 Å². The number of nitrogens with zero attached hydrogens (tertiary/aromatic N) is 1. The molecule has 1 unspecified atom stereocenters. The summed E-state index contributed by atoms with van der Waals surface area (Å²) in [5, 5.41) is 4.69. The molecule has 4 rings (SSSR count). The van der Waals surface area contributed by atoms with Crippen LogP contribution in [-0.2, 0) is 20.9 Å². The lowest BCUT2D eigenvalue weighted by atomic mass is 10.1. The van der Waals surface area contributed by atoms with Crippen LogP contribution < -0.4 is 11.1 Å². The molecule has 0 aliphatic rings. The highest BCUT2D eigenvalue weighted by atomic mass is 32.1. The van der Waals surface area contributed by atoms with E-state index < -0.39 is 30.3 Å². The van der Waals surface area contributed by atoms with Crippen molar-refractivity contribution < 1.29 is 23.1 Å². The quantitative estimate of drug-likeness (QED) is 0.411. The average molecular weight is 454 g/mol. The van der Waals surface area contributed by atoms with Crippen molar-refractivity contribution in [1.82, 2.24) is 9.88 Å². The van der Waals surface area contributed by atoms with Gasteiger partial charge in [0.05, 0.1) is 18.0 Å². The number of halogens is 1. The van der Waals surface area contributed by atoms with Gasteiger partial charge in [-0.2, -0.15) is 0 Å². The van der Waals surface area contributed by atoms with Crippen molar-refractivity contribution in [2.45, 2.75) is 19.0 Å². The van der Waals surface area contributed by atoms with Gasteiger partial charge in [-0.1, -0.05) is 30.3 Å². The van der Waals surface area contributed by atoms with E-state index in [-0.39, 0.29) is 18.8 Å². The van der Waals surface area contributed by atoms with Gasteiger partial charge in [0.25, 0.3) is 5.91 Å². The van der Waals surface area contributed by atoms with E-state index in [0.29, 0.717) is 16.7 Å². The fraction of sp³-hybridized carbons (Fsp3) is 0.174. The Labute approximate surface area is 186 Å². The lowest BCUT2D eigenvalue weighted by Gasteiger charge is -2.18. The minimum atomic E-state index is -0.619. The fourth-order valence-electron chi connectivity index (χ4n) is 3.28. The van der Waals surface area contributed by atoms with Gasteiger partial charge in [-0.15, -0.1) is 11.3 Å². The predicted molar refractivity (Wildman–Crippen MR) is 117 cm³/mol. The average Bonchev–Trinajstić information content (AvgIpc) is 3.43. The summed E-state index contributed by atoms with van der Waals surface area (Å²) in [5.74, 6) is -2.04. The molecule has 2 aromatic heterocycles.